The van der Waals surface area contributed by atoms with E-state index in [0.717, 1.165) is 55.1 Å². The van der Waals surface area contributed by atoms with Gasteiger partial charge in [0.25, 0.3) is 6.29 Å². The van der Waals surface area contributed by atoms with E-state index in [1.807, 2.05) is 24.3 Å². The van der Waals surface area contributed by atoms with Crippen molar-refractivity contribution in [2.24, 2.45) is 0 Å². The monoisotopic (exact) mass is 384 g/mol. The van der Waals surface area contributed by atoms with Gasteiger partial charge in [0.15, 0.2) is 11.5 Å². The van der Waals surface area contributed by atoms with Gasteiger partial charge in [-0.05, 0) is 84.5 Å². The molecule has 3 heteroatoms. The molecule has 0 bridgehead atoms. The Morgan fingerprint density at radius 1 is 0.690 bits per heavy atom. The first-order valence-corrected chi connectivity index (χ1v) is 10.6. The van der Waals surface area contributed by atoms with Gasteiger partial charge in [0.2, 0.25) is 0 Å². The molecule has 0 radical (unpaired) electrons. The third-order valence-electron chi connectivity index (χ3n) is 6.45. The maximum Gasteiger partial charge on any atom is 0.267 e. The first-order chi connectivity index (χ1) is 14.3. The van der Waals surface area contributed by atoms with E-state index in [2.05, 4.69) is 36.4 Å². The van der Waals surface area contributed by atoms with Crippen LogP contribution >= 0.6 is 0 Å². The van der Waals surface area contributed by atoms with Crippen LogP contribution < -0.4 is 14.2 Å². The van der Waals surface area contributed by atoms with E-state index in [1.165, 1.54) is 28.7 Å². The standard InChI is InChI=1S/C26H24O3/c1-2-6-25-24(5-1)28-26(29-25)22-10-9-18-14-17(7-8-19(18)16-22)20-11-12-23-21(15-20)4-3-13-27-23/h1-2,5-6,9-12,15-17,26H,3-4,7-8,13-14H2. The van der Waals surface area contributed by atoms with Crippen LogP contribution in [0.4, 0.5) is 0 Å². The Bertz CT molecular complexity index is 1050. The molecule has 1 unspecified atom stereocenters. The maximum absolute atomic E-state index is 5.99. The van der Waals surface area contributed by atoms with Gasteiger partial charge in [0.05, 0.1) is 6.61 Å². The van der Waals surface area contributed by atoms with Gasteiger partial charge in [-0.3, -0.25) is 0 Å². The number of benzene rings is 3. The average molecular weight is 384 g/mol. The summed E-state index contributed by atoms with van der Waals surface area (Å²) in [5.41, 5.74) is 6.83. The Hall–Kier alpha value is -2.94. The number of aryl methyl sites for hydroxylation is 2. The van der Waals surface area contributed by atoms with Gasteiger partial charge in [-0.15, -0.1) is 0 Å². The summed E-state index contributed by atoms with van der Waals surface area (Å²) in [7, 11) is 0. The van der Waals surface area contributed by atoms with Crippen LogP contribution in [-0.4, -0.2) is 6.61 Å². The number of hydrogen-bond donors (Lipinski definition) is 0. The Balaban J connectivity index is 1.22. The summed E-state index contributed by atoms with van der Waals surface area (Å²) < 4.78 is 17.8. The number of ether oxygens (including phenoxy) is 3. The van der Waals surface area contributed by atoms with Gasteiger partial charge in [-0.25, -0.2) is 0 Å². The highest BCUT2D eigenvalue weighted by Gasteiger charge is 2.27. The van der Waals surface area contributed by atoms with Crippen molar-refractivity contribution in [3.63, 3.8) is 0 Å². The maximum atomic E-state index is 5.99. The lowest BCUT2D eigenvalue weighted by Gasteiger charge is -2.27. The van der Waals surface area contributed by atoms with Crippen molar-refractivity contribution in [3.05, 3.63) is 88.5 Å². The Morgan fingerprint density at radius 2 is 1.48 bits per heavy atom. The largest absolute Gasteiger partial charge is 0.493 e. The van der Waals surface area contributed by atoms with Gasteiger partial charge in [-0.1, -0.05) is 36.4 Å². The average Bonchev–Trinajstić information content (AvgIpc) is 3.22. The Labute approximate surface area is 171 Å². The first kappa shape index (κ1) is 17.0. The van der Waals surface area contributed by atoms with Crippen LogP contribution in [0.2, 0.25) is 0 Å². The van der Waals surface area contributed by atoms with Gasteiger partial charge in [-0.2, -0.15) is 0 Å². The van der Waals surface area contributed by atoms with Gasteiger partial charge >= 0.3 is 0 Å². The molecule has 29 heavy (non-hydrogen) atoms. The molecular formula is C26H24O3. The van der Waals surface area contributed by atoms with Crippen molar-refractivity contribution in [2.45, 2.75) is 44.3 Å². The lowest BCUT2D eigenvalue weighted by Crippen LogP contribution is -2.16. The minimum Gasteiger partial charge on any atom is -0.493 e. The summed E-state index contributed by atoms with van der Waals surface area (Å²) in [4.78, 5) is 0. The number of hydrogen-bond acceptors (Lipinski definition) is 3. The van der Waals surface area contributed by atoms with E-state index >= 15 is 0 Å². The summed E-state index contributed by atoms with van der Waals surface area (Å²) in [6.45, 7) is 0.852. The van der Waals surface area contributed by atoms with Gasteiger partial charge < -0.3 is 14.2 Å². The third-order valence-corrected chi connectivity index (χ3v) is 6.45. The lowest BCUT2D eigenvalue weighted by molar-refractivity contribution is 0.0486. The summed E-state index contributed by atoms with van der Waals surface area (Å²) in [6, 6.07) is 21.4. The van der Waals surface area contributed by atoms with Gasteiger partial charge in [0, 0.05) is 5.56 Å². The molecule has 0 saturated carbocycles. The lowest BCUT2D eigenvalue weighted by atomic mass is 9.79. The molecule has 0 N–H and O–H groups in total. The van der Waals surface area contributed by atoms with Crippen molar-refractivity contribution in [1.29, 1.82) is 0 Å². The molecule has 3 nitrogen and oxygen atoms in total. The second-order valence-corrected chi connectivity index (χ2v) is 8.30. The fraction of sp³-hybridized carbons (Fsp3) is 0.308. The third kappa shape index (κ3) is 3.05. The zero-order chi connectivity index (χ0) is 19.2. The molecule has 2 aliphatic heterocycles. The van der Waals surface area contributed by atoms with E-state index in [1.54, 1.807) is 0 Å². The summed E-state index contributed by atoms with van der Waals surface area (Å²) in [5, 5.41) is 0. The van der Waals surface area contributed by atoms with E-state index in [4.69, 9.17) is 14.2 Å². The predicted molar refractivity (Wildman–Crippen MR) is 112 cm³/mol. The molecule has 3 aromatic carbocycles. The molecular weight excluding hydrogens is 360 g/mol. The topological polar surface area (TPSA) is 27.7 Å². The van der Waals surface area contributed by atoms with Crippen LogP contribution in [0.5, 0.6) is 17.2 Å². The molecule has 0 aromatic heterocycles. The summed E-state index contributed by atoms with van der Waals surface area (Å²) >= 11 is 0. The van der Waals surface area contributed by atoms with Gasteiger partial charge in [0.1, 0.15) is 5.75 Å². The van der Waals surface area contributed by atoms with Crippen molar-refractivity contribution < 1.29 is 14.2 Å². The SMILES string of the molecule is c1ccc2c(c1)OC(c1ccc3c(c1)CCC(c1ccc4c(c1)CCCO4)C3)O2. The number of rotatable bonds is 2. The number of fused-ring (bicyclic) bond motifs is 3. The Morgan fingerprint density at radius 3 is 2.34 bits per heavy atom. The molecule has 146 valence electrons. The van der Waals surface area contributed by atoms with E-state index in [0.29, 0.717) is 5.92 Å². The smallest absolute Gasteiger partial charge is 0.267 e. The van der Waals surface area contributed by atoms with Crippen molar-refractivity contribution >= 4 is 0 Å². The second kappa shape index (κ2) is 6.84. The van der Waals surface area contributed by atoms with E-state index in [9.17, 15) is 0 Å². The summed E-state index contributed by atoms with van der Waals surface area (Å²) in [5.74, 6) is 3.32. The highest BCUT2D eigenvalue weighted by Crippen LogP contribution is 2.41. The zero-order valence-corrected chi connectivity index (χ0v) is 16.4. The van der Waals surface area contributed by atoms with Crippen molar-refractivity contribution in [1.82, 2.24) is 0 Å². The van der Waals surface area contributed by atoms with E-state index < -0.39 is 0 Å². The van der Waals surface area contributed by atoms with Crippen molar-refractivity contribution in [3.8, 4) is 17.2 Å². The predicted octanol–water partition coefficient (Wildman–Crippen LogP) is 5.75. The minimum atomic E-state index is -0.337. The fourth-order valence-corrected chi connectivity index (χ4v) is 4.88. The summed E-state index contributed by atoms with van der Waals surface area (Å²) in [6.07, 6.45) is 5.31. The molecule has 6 rings (SSSR count). The zero-order valence-electron chi connectivity index (χ0n) is 16.4. The van der Waals surface area contributed by atoms with Crippen LogP contribution in [0, 0.1) is 0 Å². The van der Waals surface area contributed by atoms with E-state index in [-0.39, 0.29) is 6.29 Å². The fourth-order valence-electron chi connectivity index (χ4n) is 4.88. The van der Waals surface area contributed by atoms with Crippen LogP contribution in [0.3, 0.4) is 0 Å². The highest BCUT2D eigenvalue weighted by atomic mass is 16.7. The molecule has 0 fully saturated rings. The van der Waals surface area contributed by atoms with Crippen molar-refractivity contribution in [2.75, 3.05) is 6.61 Å². The Kier molecular flexibility index (Phi) is 4.00. The van der Waals surface area contributed by atoms with Crippen LogP contribution in [0.1, 0.15) is 52.9 Å². The molecule has 3 aromatic rings. The molecule has 0 spiro atoms. The second-order valence-electron chi connectivity index (χ2n) is 8.30. The first-order valence-electron chi connectivity index (χ1n) is 10.6. The molecule has 2 heterocycles. The molecule has 1 aliphatic carbocycles. The quantitative estimate of drug-likeness (QED) is 0.563. The highest BCUT2D eigenvalue weighted by molar-refractivity contribution is 5.45. The van der Waals surface area contributed by atoms with Crippen LogP contribution in [0.25, 0.3) is 0 Å². The normalized spacial score (nSPS) is 19.9. The van der Waals surface area contributed by atoms with Crippen LogP contribution in [-0.2, 0) is 19.3 Å². The minimum absolute atomic E-state index is 0.337. The van der Waals surface area contributed by atoms with Crippen LogP contribution in [0.15, 0.2) is 60.7 Å². The molecule has 0 saturated heterocycles. The molecule has 3 aliphatic rings. The molecule has 1 atom stereocenters. The molecule has 0 amide bonds. The number of para-hydroxylation sites is 2.